The predicted octanol–water partition coefficient (Wildman–Crippen LogP) is 1.20. The molecule has 0 bridgehead atoms. The van der Waals surface area contributed by atoms with Crippen molar-refractivity contribution in [1.82, 2.24) is 0 Å². The average molecular weight is 247 g/mol. The largest absolute Gasteiger partial charge is 0.393 e. The first kappa shape index (κ1) is 16.1. The Bertz CT molecular complexity index is 248. The highest BCUT2D eigenvalue weighted by Gasteiger charge is 2.33. The highest BCUT2D eigenvalue weighted by Crippen LogP contribution is 2.20. The number of rotatable bonds is 9. The van der Waals surface area contributed by atoms with Gasteiger partial charge in [0.1, 0.15) is 0 Å². The second kappa shape index (κ2) is 8.27. The fraction of sp³-hybridized carbons (Fsp3) is 1.00. The first-order valence-corrected chi connectivity index (χ1v) is 5.62. The highest BCUT2D eigenvalue weighted by atomic mass is 16.7. The molecule has 0 aliphatic heterocycles. The van der Waals surface area contributed by atoms with E-state index in [9.17, 15) is 5.11 Å². The molecule has 0 saturated heterocycles. The monoisotopic (exact) mass is 247 g/mol. The van der Waals surface area contributed by atoms with Crippen LogP contribution in [0.25, 0.3) is 10.4 Å². The van der Waals surface area contributed by atoms with Crippen LogP contribution in [0, 0.1) is 0 Å². The molecule has 17 heavy (non-hydrogen) atoms. The summed E-state index contributed by atoms with van der Waals surface area (Å²) in [7, 11) is 0. The maximum Gasteiger partial charge on any atom is 0.158 e. The van der Waals surface area contributed by atoms with E-state index in [1.165, 1.54) is 6.92 Å². The topological polar surface area (TPSA) is 108 Å². The minimum absolute atomic E-state index is 0.194. The van der Waals surface area contributed by atoms with Crippen molar-refractivity contribution in [2.75, 3.05) is 19.8 Å². The molecular formula is C10H21N3O4. The minimum atomic E-state index is -1.49. The van der Waals surface area contributed by atoms with Crippen LogP contribution in [-0.2, 0) is 9.47 Å². The van der Waals surface area contributed by atoms with Gasteiger partial charge in [0.25, 0.3) is 0 Å². The van der Waals surface area contributed by atoms with Gasteiger partial charge in [-0.3, -0.25) is 0 Å². The zero-order valence-electron chi connectivity index (χ0n) is 10.5. The van der Waals surface area contributed by atoms with Crippen LogP contribution >= 0.6 is 0 Å². The molecule has 100 valence electrons. The molecule has 0 spiro atoms. The SMILES string of the molecule is CCOC(C[C@H](N=[N+]=[N-])C(C)(O)CO)OCC. The Kier molecular flexibility index (Phi) is 7.86. The molecule has 0 aromatic rings. The zero-order valence-corrected chi connectivity index (χ0v) is 10.5. The summed E-state index contributed by atoms with van der Waals surface area (Å²) >= 11 is 0. The molecule has 1 unspecified atom stereocenters. The molecule has 0 amide bonds. The standard InChI is InChI=1S/C10H21N3O4/c1-4-16-9(17-5-2)6-8(12-13-11)10(3,15)7-14/h8-9,14-15H,4-7H2,1-3H3/t8-,10?/m0/s1. The van der Waals surface area contributed by atoms with Gasteiger partial charge in [0.2, 0.25) is 0 Å². The summed E-state index contributed by atoms with van der Waals surface area (Å²) in [5, 5.41) is 22.4. The predicted molar refractivity (Wildman–Crippen MR) is 62.3 cm³/mol. The summed E-state index contributed by atoms with van der Waals surface area (Å²) in [6.45, 7) is 5.45. The number of hydrogen-bond acceptors (Lipinski definition) is 5. The second-order valence-electron chi connectivity index (χ2n) is 3.81. The molecule has 0 aromatic carbocycles. The third kappa shape index (κ3) is 5.86. The van der Waals surface area contributed by atoms with Gasteiger partial charge in [0, 0.05) is 24.5 Å². The molecule has 7 heteroatoms. The van der Waals surface area contributed by atoms with Crippen LogP contribution in [-0.4, -0.2) is 48.0 Å². The van der Waals surface area contributed by atoms with Crippen LogP contribution in [0.3, 0.4) is 0 Å². The lowest BCUT2D eigenvalue weighted by Gasteiger charge is -2.30. The Hall–Kier alpha value is -0.850. The highest BCUT2D eigenvalue weighted by molar-refractivity contribution is 4.88. The lowest BCUT2D eigenvalue weighted by Crippen LogP contribution is -2.44. The van der Waals surface area contributed by atoms with Gasteiger partial charge in [-0.25, -0.2) is 0 Å². The van der Waals surface area contributed by atoms with Crippen molar-refractivity contribution in [3.05, 3.63) is 10.4 Å². The maximum atomic E-state index is 9.87. The first-order chi connectivity index (χ1) is 8.01. The Labute approximate surface area is 101 Å². The molecule has 0 saturated carbocycles. The van der Waals surface area contributed by atoms with Gasteiger partial charge in [-0.2, -0.15) is 0 Å². The van der Waals surface area contributed by atoms with Crippen molar-refractivity contribution >= 4 is 0 Å². The van der Waals surface area contributed by atoms with Crippen molar-refractivity contribution in [3.8, 4) is 0 Å². The summed E-state index contributed by atoms with van der Waals surface area (Å²) in [6, 6.07) is -0.805. The van der Waals surface area contributed by atoms with Gasteiger partial charge >= 0.3 is 0 Å². The van der Waals surface area contributed by atoms with Crippen LogP contribution < -0.4 is 0 Å². The van der Waals surface area contributed by atoms with Crippen molar-refractivity contribution in [2.24, 2.45) is 5.11 Å². The van der Waals surface area contributed by atoms with Crippen LogP contribution in [0.15, 0.2) is 5.11 Å². The molecule has 2 N–H and O–H groups in total. The third-order valence-corrected chi connectivity index (χ3v) is 2.35. The number of aliphatic hydroxyl groups excluding tert-OH is 1. The van der Waals surface area contributed by atoms with Crippen LogP contribution in [0.4, 0.5) is 0 Å². The third-order valence-electron chi connectivity index (χ3n) is 2.35. The van der Waals surface area contributed by atoms with E-state index < -0.39 is 24.5 Å². The van der Waals surface area contributed by atoms with Crippen molar-refractivity contribution in [2.45, 2.75) is 45.1 Å². The van der Waals surface area contributed by atoms with E-state index in [-0.39, 0.29) is 6.42 Å². The summed E-state index contributed by atoms with van der Waals surface area (Å²) in [4.78, 5) is 2.67. The van der Waals surface area contributed by atoms with Gasteiger partial charge in [-0.05, 0) is 26.3 Å². The van der Waals surface area contributed by atoms with Gasteiger partial charge in [0.15, 0.2) is 6.29 Å². The molecule has 2 atom stereocenters. The van der Waals surface area contributed by atoms with Gasteiger partial charge < -0.3 is 19.7 Å². The van der Waals surface area contributed by atoms with Crippen LogP contribution in [0.2, 0.25) is 0 Å². The fourth-order valence-corrected chi connectivity index (χ4v) is 1.33. The van der Waals surface area contributed by atoms with E-state index in [1.807, 2.05) is 13.8 Å². The van der Waals surface area contributed by atoms with E-state index in [0.29, 0.717) is 13.2 Å². The lowest BCUT2D eigenvalue weighted by molar-refractivity contribution is -0.152. The quantitative estimate of drug-likeness (QED) is 0.276. The molecule has 0 aromatic heterocycles. The lowest BCUT2D eigenvalue weighted by atomic mass is 9.95. The number of nitrogens with zero attached hydrogens (tertiary/aromatic N) is 3. The van der Waals surface area contributed by atoms with E-state index in [2.05, 4.69) is 10.0 Å². The maximum absolute atomic E-state index is 9.87. The van der Waals surface area contributed by atoms with E-state index >= 15 is 0 Å². The summed E-state index contributed by atoms with van der Waals surface area (Å²) < 4.78 is 10.6. The van der Waals surface area contributed by atoms with Gasteiger partial charge in [-0.15, -0.1) is 0 Å². The Balaban J connectivity index is 4.65. The van der Waals surface area contributed by atoms with Gasteiger partial charge in [0.05, 0.1) is 18.2 Å². The van der Waals surface area contributed by atoms with Crippen molar-refractivity contribution in [1.29, 1.82) is 0 Å². The summed E-state index contributed by atoms with van der Waals surface area (Å²) in [5.41, 5.74) is 6.96. The molecule has 0 aliphatic rings. The average Bonchev–Trinajstić information content (AvgIpc) is 2.29. The first-order valence-electron chi connectivity index (χ1n) is 5.62. The Morgan fingerprint density at radius 3 is 2.24 bits per heavy atom. The molecular weight excluding hydrogens is 226 g/mol. The molecule has 0 fully saturated rings. The molecule has 7 nitrogen and oxygen atoms in total. The summed E-state index contributed by atoms with van der Waals surface area (Å²) in [6.07, 6.45) is -0.363. The Morgan fingerprint density at radius 1 is 1.35 bits per heavy atom. The summed E-state index contributed by atoms with van der Waals surface area (Å²) in [5.74, 6) is 0. The van der Waals surface area contributed by atoms with E-state index in [1.54, 1.807) is 0 Å². The molecule has 0 rings (SSSR count). The van der Waals surface area contributed by atoms with Crippen LogP contribution in [0.5, 0.6) is 0 Å². The number of hydrogen-bond donors (Lipinski definition) is 2. The number of azide groups is 1. The van der Waals surface area contributed by atoms with Crippen molar-refractivity contribution < 1.29 is 19.7 Å². The second-order valence-corrected chi connectivity index (χ2v) is 3.81. The van der Waals surface area contributed by atoms with Crippen LogP contribution in [0.1, 0.15) is 27.2 Å². The fourth-order valence-electron chi connectivity index (χ4n) is 1.33. The van der Waals surface area contributed by atoms with Crippen molar-refractivity contribution in [3.63, 3.8) is 0 Å². The minimum Gasteiger partial charge on any atom is -0.393 e. The molecule has 0 aliphatic carbocycles. The van der Waals surface area contributed by atoms with E-state index in [0.717, 1.165) is 0 Å². The molecule has 0 radical (unpaired) electrons. The van der Waals surface area contributed by atoms with Gasteiger partial charge in [-0.1, -0.05) is 5.11 Å². The van der Waals surface area contributed by atoms with E-state index in [4.69, 9.17) is 20.1 Å². The smallest absolute Gasteiger partial charge is 0.158 e. The molecule has 0 heterocycles. The zero-order chi connectivity index (χ0) is 13.3. The Morgan fingerprint density at radius 2 is 1.88 bits per heavy atom. The number of aliphatic hydroxyl groups is 2. The normalized spacial score (nSPS) is 16.4. The number of ether oxygens (including phenoxy) is 2.